The van der Waals surface area contributed by atoms with Crippen LogP contribution in [0, 0.1) is 10.1 Å². The molecular weight excluding hydrogens is 332 g/mol. The Bertz CT molecular complexity index is 530. The van der Waals surface area contributed by atoms with Crippen LogP contribution < -0.4 is 0 Å². The number of carbonyl (C=O) groups excluding carboxylic acids is 1. The number of nitro benzene ring substituents is 1. The Morgan fingerprint density at radius 2 is 1.88 bits per heavy atom. The van der Waals surface area contributed by atoms with Crippen molar-refractivity contribution in [1.29, 1.82) is 0 Å². The van der Waals surface area contributed by atoms with E-state index < -0.39 is 10.9 Å². The molecule has 1 atom stereocenters. The van der Waals surface area contributed by atoms with Crippen LogP contribution in [0.2, 0.25) is 0 Å². The molecule has 1 heterocycles. The zero-order chi connectivity index (χ0) is 16.7. The number of hydrogen-bond acceptors (Lipinski definition) is 5. The van der Waals surface area contributed by atoms with Gasteiger partial charge in [0.25, 0.3) is 5.69 Å². The molecule has 1 unspecified atom stereocenters. The average molecular weight is 357 g/mol. The minimum Gasteiger partial charge on any atom is -0.462 e. The molecule has 0 amide bonds. The van der Waals surface area contributed by atoms with Crippen molar-refractivity contribution in [2.45, 2.75) is 45.1 Å². The van der Waals surface area contributed by atoms with Crippen molar-refractivity contribution < 1.29 is 14.5 Å². The van der Waals surface area contributed by atoms with Crippen molar-refractivity contribution >= 4 is 24.1 Å². The molecule has 0 saturated carbocycles. The van der Waals surface area contributed by atoms with E-state index in [0.717, 1.165) is 25.9 Å². The summed E-state index contributed by atoms with van der Waals surface area (Å²) in [4.78, 5) is 24.6. The van der Waals surface area contributed by atoms with Crippen LogP contribution in [0.25, 0.3) is 0 Å². The molecule has 0 radical (unpaired) electrons. The largest absolute Gasteiger partial charge is 0.462 e. The van der Waals surface area contributed by atoms with Crippen LogP contribution in [-0.2, 0) is 4.74 Å². The van der Waals surface area contributed by atoms with Crippen LogP contribution in [0.5, 0.6) is 0 Å². The first-order valence-electron chi connectivity index (χ1n) is 8.27. The maximum absolute atomic E-state index is 12.0. The zero-order valence-corrected chi connectivity index (χ0v) is 14.8. The molecule has 0 bridgehead atoms. The second-order valence-corrected chi connectivity index (χ2v) is 5.89. The zero-order valence-electron chi connectivity index (χ0n) is 14.0. The summed E-state index contributed by atoms with van der Waals surface area (Å²) in [7, 11) is 0. The first kappa shape index (κ1) is 20.4. The third-order valence-corrected chi connectivity index (χ3v) is 4.38. The van der Waals surface area contributed by atoms with Gasteiger partial charge in [0.2, 0.25) is 0 Å². The van der Waals surface area contributed by atoms with E-state index in [1.165, 1.54) is 43.5 Å². The smallest absolute Gasteiger partial charge is 0.338 e. The van der Waals surface area contributed by atoms with Gasteiger partial charge in [-0.05, 0) is 50.9 Å². The van der Waals surface area contributed by atoms with Crippen LogP contribution in [0.4, 0.5) is 5.69 Å². The number of non-ortho nitro benzene ring substituents is 1. The summed E-state index contributed by atoms with van der Waals surface area (Å²) >= 11 is 0. The van der Waals surface area contributed by atoms with Gasteiger partial charge in [0.1, 0.15) is 0 Å². The Balaban J connectivity index is 0.00000288. The molecule has 6 nitrogen and oxygen atoms in total. The third kappa shape index (κ3) is 5.76. The fraction of sp³-hybridized carbons (Fsp3) is 0.588. The van der Waals surface area contributed by atoms with Gasteiger partial charge < -0.3 is 9.64 Å². The number of nitrogens with zero attached hydrogens (tertiary/aromatic N) is 2. The van der Waals surface area contributed by atoms with E-state index >= 15 is 0 Å². The second-order valence-electron chi connectivity index (χ2n) is 5.89. The van der Waals surface area contributed by atoms with Gasteiger partial charge in [-0.15, -0.1) is 12.4 Å². The molecule has 1 aliphatic heterocycles. The van der Waals surface area contributed by atoms with Gasteiger partial charge in [-0.25, -0.2) is 4.79 Å². The summed E-state index contributed by atoms with van der Waals surface area (Å²) < 4.78 is 5.32. The number of ether oxygens (including phenoxy) is 1. The molecule has 24 heavy (non-hydrogen) atoms. The highest BCUT2D eigenvalue weighted by molar-refractivity contribution is 5.89. The quantitative estimate of drug-likeness (QED) is 0.421. The SMILES string of the molecule is CCC(CCOC(=O)c1ccc([N+](=O)[O-])cc1)N1CCCCC1.Cl. The van der Waals surface area contributed by atoms with Crippen LogP contribution in [0.3, 0.4) is 0 Å². The van der Waals surface area contributed by atoms with Crippen LogP contribution in [0.1, 0.15) is 49.4 Å². The van der Waals surface area contributed by atoms with E-state index in [1.54, 1.807) is 0 Å². The second kappa shape index (κ2) is 10.3. The Morgan fingerprint density at radius 3 is 2.42 bits per heavy atom. The number of piperidine rings is 1. The lowest BCUT2D eigenvalue weighted by Gasteiger charge is -2.34. The number of esters is 1. The topological polar surface area (TPSA) is 72.7 Å². The van der Waals surface area contributed by atoms with E-state index in [0.29, 0.717) is 18.2 Å². The van der Waals surface area contributed by atoms with Crippen LogP contribution >= 0.6 is 12.4 Å². The fourth-order valence-corrected chi connectivity index (χ4v) is 3.02. The van der Waals surface area contributed by atoms with E-state index in [-0.39, 0.29) is 18.1 Å². The molecule has 7 heteroatoms. The average Bonchev–Trinajstić information content (AvgIpc) is 2.59. The summed E-state index contributed by atoms with van der Waals surface area (Å²) in [5.41, 5.74) is 0.319. The Hall–Kier alpha value is -1.66. The van der Waals surface area contributed by atoms with Gasteiger partial charge in [-0.3, -0.25) is 10.1 Å². The summed E-state index contributed by atoms with van der Waals surface area (Å²) in [6.07, 6.45) is 5.69. The van der Waals surface area contributed by atoms with Crippen molar-refractivity contribution in [3.05, 3.63) is 39.9 Å². The number of nitro groups is 1. The summed E-state index contributed by atoms with van der Waals surface area (Å²) in [5, 5.41) is 10.6. The Kier molecular flexibility index (Phi) is 8.71. The Morgan fingerprint density at radius 1 is 1.25 bits per heavy atom. The normalized spacial score (nSPS) is 16.0. The molecule has 2 rings (SSSR count). The van der Waals surface area contributed by atoms with Crippen molar-refractivity contribution in [2.24, 2.45) is 0 Å². The highest BCUT2D eigenvalue weighted by Gasteiger charge is 2.19. The molecular formula is C17H25ClN2O4. The van der Waals surface area contributed by atoms with E-state index in [1.807, 2.05) is 0 Å². The van der Waals surface area contributed by atoms with Crippen molar-refractivity contribution in [3.63, 3.8) is 0 Å². The number of benzene rings is 1. The standard InChI is InChI=1S/C17H24N2O4.ClH/c1-2-15(18-11-4-3-5-12-18)10-13-23-17(20)14-6-8-16(9-7-14)19(21)22;/h6-9,15H,2-5,10-13H2,1H3;1H. The number of hydrogen-bond donors (Lipinski definition) is 0. The fourth-order valence-electron chi connectivity index (χ4n) is 3.02. The molecule has 134 valence electrons. The molecule has 0 aromatic heterocycles. The van der Waals surface area contributed by atoms with Gasteiger partial charge in [0.05, 0.1) is 17.1 Å². The van der Waals surface area contributed by atoms with Crippen molar-refractivity contribution in [3.8, 4) is 0 Å². The summed E-state index contributed by atoms with van der Waals surface area (Å²) in [5.74, 6) is -0.423. The minimum atomic E-state index is -0.487. The summed E-state index contributed by atoms with van der Waals surface area (Å²) in [6.45, 7) is 4.81. The van der Waals surface area contributed by atoms with Gasteiger partial charge in [-0.2, -0.15) is 0 Å². The molecule has 1 saturated heterocycles. The molecule has 1 aliphatic rings. The summed E-state index contributed by atoms with van der Waals surface area (Å²) in [6, 6.07) is 5.96. The lowest BCUT2D eigenvalue weighted by atomic mass is 10.0. The van der Waals surface area contributed by atoms with E-state index in [9.17, 15) is 14.9 Å². The van der Waals surface area contributed by atoms with Gasteiger partial charge >= 0.3 is 5.97 Å². The minimum absolute atomic E-state index is 0. The van der Waals surface area contributed by atoms with E-state index in [2.05, 4.69) is 11.8 Å². The van der Waals surface area contributed by atoms with Gasteiger partial charge in [0, 0.05) is 18.2 Å². The Labute approximate surface area is 148 Å². The molecule has 0 N–H and O–H groups in total. The van der Waals surface area contributed by atoms with Crippen LogP contribution in [-0.4, -0.2) is 41.5 Å². The van der Waals surface area contributed by atoms with Gasteiger partial charge in [-0.1, -0.05) is 13.3 Å². The van der Waals surface area contributed by atoms with Crippen molar-refractivity contribution in [2.75, 3.05) is 19.7 Å². The molecule has 0 aliphatic carbocycles. The molecule has 1 aromatic carbocycles. The van der Waals surface area contributed by atoms with Crippen molar-refractivity contribution in [1.82, 2.24) is 4.90 Å². The van der Waals surface area contributed by atoms with E-state index in [4.69, 9.17) is 4.74 Å². The maximum atomic E-state index is 12.0. The highest BCUT2D eigenvalue weighted by atomic mass is 35.5. The number of halogens is 1. The monoisotopic (exact) mass is 356 g/mol. The first-order valence-corrected chi connectivity index (χ1v) is 8.27. The molecule has 1 aromatic rings. The predicted octanol–water partition coefficient (Wildman–Crippen LogP) is 3.83. The lowest BCUT2D eigenvalue weighted by Crippen LogP contribution is -2.39. The number of rotatable bonds is 7. The number of carbonyl (C=O) groups is 1. The third-order valence-electron chi connectivity index (χ3n) is 4.38. The number of likely N-dealkylation sites (tertiary alicyclic amines) is 1. The molecule has 1 fully saturated rings. The highest BCUT2D eigenvalue weighted by Crippen LogP contribution is 2.17. The first-order chi connectivity index (χ1) is 11.1. The van der Waals surface area contributed by atoms with Crippen LogP contribution in [0.15, 0.2) is 24.3 Å². The lowest BCUT2D eigenvalue weighted by molar-refractivity contribution is -0.384. The maximum Gasteiger partial charge on any atom is 0.338 e. The predicted molar refractivity (Wildman–Crippen MR) is 94.7 cm³/mol. The van der Waals surface area contributed by atoms with Gasteiger partial charge in [0.15, 0.2) is 0 Å². The molecule has 0 spiro atoms.